The highest BCUT2D eigenvalue weighted by Crippen LogP contribution is 2.17. The first-order valence-corrected chi connectivity index (χ1v) is 5.09. The van der Waals surface area contributed by atoms with Gasteiger partial charge in [0.15, 0.2) is 0 Å². The van der Waals surface area contributed by atoms with Gasteiger partial charge < -0.3 is 0 Å². The number of hydrogen-bond donors (Lipinski definition) is 1. The maximum atomic E-state index is 3.66. The van der Waals surface area contributed by atoms with E-state index in [4.69, 9.17) is 0 Å². The van der Waals surface area contributed by atoms with Crippen molar-refractivity contribution in [2.75, 3.05) is 5.43 Å². The summed E-state index contributed by atoms with van der Waals surface area (Å²) in [6.45, 7) is 7.71. The summed E-state index contributed by atoms with van der Waals surface area (Å²) in [7, 11) is 0. The second-order valence-electron chi connectivity index (χ2n) is 3.52. The van der Waals surface area contributed by atoms with Crippen LogP contribution in [0.4, 0.5) is 5.69 Å². The summed E-state index contributed by atoms with van der Waals surface area (Å²) in [4.78, 5) is 0. The number of rotatable bonds is 5. The zero-order chi connectivity index (χ0) is 10.4. The van der Waals surface area contributed by atoms with E-state index in [0.717, 1.165) is 5.69 Å². The molecule has 0 atom stereocenters. The smallest absolute Gasteiger partial charge is 0.0590 e. The van der Waals surface area contributed by atoms with Crippen LogP contribution in [0.15, 0.2) is 23.3 Å². The van der Waals surface area contributed by atoms with Crippen LogP contribution in [0.5, 0.6) is 0 Å². The van der Waals surface area contributed by atoms with E-state index in [0.29, 0.717) is 0 Å². The van der Waals surface area contributed by atoms with Crippen LogP contribution < -0.4 is 5.43 Å². The van der Waals surface area contributed by atoms with E-state index in [1.807, 2.05) is 0 Å². The fourth-order valence-electron chi connectivity index (χ4n) is 1.47. The summed E-state index contributed by atoms with van der Waals surface area (Å²) < 4.78 is 0. The Morgan fingerprint density at radius 3 is 2.79 bits per heavy atom. The molecule has 0 heterocycles. The van der Waals surface area contributed by atoms with Crippen LogP contribution in [-0.4, -0.2) is 6.72 Å². The van der Waals surface area contributed by atoms with Crippen LogP contribution in [-0.2, 0) is 6.42 Å². The first-order chi connectivity index (χ1) is 6.77. The molecule has 0 unspecified atom stereocenters. The van der Waals surface area contributed by atoms with E-state index in [1.54, 1.807) is 0 Å². The van der Waals surface area contributed by atoms with Crippen molar-refractivity contribution in [2.45, 2.75) is 33.1 Å². The predicted molar refractivity (Wildman–Crippen MR) is 63.0 cm³/mol. The molecule has 1 aromatic rings. The van der Waals surface area contributed by atoms with Crippen LogP contribution in [0.25, 0.3) is 0 Å². The Balaban J connectivity index is 2.72. The number of aryl methyl sites for hydroxylation is 2. The molecular formula is C12H18N2. The molecule has 0 spiro atoms. The first kappa shape index (κ1) is 10.8. The molecule has 0 fully saturated rings. The maximum Gasteiger partial charge on any atom is 0.0590 e. The third-order valence-corrected chi connectivity index (χ3v) is 2.31. The zero-order valence-corrected chi connectivity index (χ0v) is 9.01. The minimum atomic E-state index is 1.04. The molecule has 0 amide bonds. The van der Waals surface area contributed by atoms with Crippen molar-refractivity contribution in [3.8, 4) is 0 Å². The lowest BCUT2D eigenvalue weighted by atomic mass is 10.0. The van der Waals surface area contributed by atoms with Gasteiger partial charge in [-0.25, -0.2) is 0 Å². The highest BCUT2D eigenvalue weighted by Gasteiger charge is 1.98. The molecule has 14 heavy (non-hydrogen) atoms. The molecule has 0 saturated carbocycles. The van der Waals surface area contributed by atoms with Gasteiger partial charge in [-0.2, -0.15) is 5.10 Å². The van der Waals surface area contributed by atoms with Gasteiger partial charge in [-0.05, 0) is 37.0 Å². The van der Waals surface area contributed by atoms with E-state index in [-0.39, 0.29) is 0 Å². The van der Waals surface area contributed by atoms with E-state index in [1.165, 1.54) is 30.4 Å². The van der Waals surface area contributed by atoms with Crippen molar-refractivity contribution in [1.82, 2.24) is 0 Å². The Kier molecular flexibility index (Phi) is 4.17. The van der Waals surface area contributed by atoms with Crippen molar-refractivity contribution < 1.29 is 0 Å². The largest absolute Gasteiger partial charge is 0.279 e. The number of hydrazone groups is 1. The third kappa shape index (κ3) is 2.87. The maximum absolute atomic E-state index is 3.66. The molecule has 2 heteroatoms. The van der Waals surface area contributed by atoms with Crippen molar-refractivity contribution >= 4 is 12.4 Å². The van der Waals surface area contributed by atoms with E-state index in [9.17, 15) is 0 Å². The molecule has 1 N–H and O–H groups in total. The molecule has 0 saturated heterocycles. The van der Waals surface area contributed by atoms with Crippen LogP contribution >= 0.6 is 0 Å². The van der Waals surface area contributed by atoms with Gasteiger partial charge >= 0.3 is 0 Å². The number of unbranched alkanes of at least 4 members (excludes halogenated alkanes) is 1. The predicted octanol–water partition coefficient (Wildman–Crippen LogP) is 3.37. The summed E-state index contributed by atoms with van der Waals surface area (Å²) >= 11 is 0. The molecule has 0 aliphatic rings. The minimum Gasteiger partial charge on any atom is -0.279 e. The van der Waals surface area contributed by atoms with Gasteiger partial charge in [0.25, 0.3) is 0 Å². The van der Waals surface area contributed by atoms with E-state index in [2.05, 4.69) is 49.3 Å². The first-order valence-electron chi connectivity index (χ1n) is 5.09. The van der Waals surface area contributed by atoms with Gasteiger partial charge in [0, 0.05) is 6.72 Å². The number of benzene rings is 1. The second kappa shape index (κ2) is 5.43. The lowest BCUT2D eigenvalue weighted by molar-refractivity contribution is 0.794. The summed E-state index contributed by atoms with van der Waals surface area (Å²) in [6, 6.07) is 6.42. The van der Waals surface area contributed by atoms with Gasteiger partial charge in [0.2, 0.25) is 0 Å². The van der Waals surface area contributed by atoms with E-state index < -0.39 is 0 Å². The van der Waals surface area contributed by atoms with E-state index >= 15 is 0 Å². The van der Waals surface area contributed by atoms with Crippen molar-refractivity contribution in [1.29, 1.82) is 0 Å². The van der Waals surface area contributed by atoms with Crippen molar-refractivity contribution in [2.24, 2.45) is 5.10 Å². The molecule has 1 aromatic carbocycles. The van der Waals surface area contributed by atoms with Crippen LogP contribution in [0.3, 0.4) is 0 Å². The average molecular weight is 190 g/mol. The normalized spacial score (nSPS) is 9.86. The Bertz CT molecular complexity index is 305. The molecular weight excluding hydrogens is 172 g/mol. The van der Waals surface area contributed by atoms with Gasteiger partial charge in [0.05, 0.1) is 5.69 Å². The SMILES string of the molecule is C=NNc1ccc(CCCC)cc1C. The van der Waals surface area contributed by atoms with Crippen LogP contribution in [0.2, 0.25) is 0 Å². The zero-order valence-electron chi connectivity index (χ0n) is 9.01. The summed E-state index contributed by atoms with van der Waals surface area (Å²) in [5.41, 5.74) is 6.54. The number of nitrogens with zero attached hydrogens (tertiary/aromatic N) is 1. The molecule has 0 radical (unpaired) electrons. The molecule has 0 aromatic heterocycles. The van der Waals surface area contributed by atoms with Crippen molar-refractivity contribution in [3.63, 3.8) is 0 Å². The molecule has 1 rings (SSSR count). The molecule has 0 aliphatic carbocycles. The topological polar surface area (TPSA) is 24.4 Å². The Labute approximate surface area is 86.0 Å². The fourth-order valence-corrected chi connectivity index (χ4v) is 1.47. The Morgan fingerprint density at radius 2 is 2.21 bits per heavy atom. The molecule has 2 nitrogen and oxygen atoms in total. The van der Waals surface area contributed by atoms with Crippen LogP contribution in [0, 0.1) is 6.92 Å². The standard InChI is InChI=1S/C12H18N2/c1-4-5-6-11-7-8-12(14-13-3)10(2)9-11/h7-9,14H,3-6H2,1-2H3. The van der Waals surface area contributed by atoms with Gasteiger partial charge in [-0.15, -0.1) is 0 Å². The minimum absolute atomic E-state index is 1.04. The Morgan fingerprint density at radius 1 is 1.43 bits per heavy atom. The highest BCUT2D eigenvalue weighted by atomic mass is 15.3. The van der Waals surface area contributed by atoms with Gasteiger partial charge in [0.1, 0.15) is 0 Å². The number of hydrogen-bond acceptors (Lipinski definition) is 2. The second-order valence-corrected chi connectivity index (χ2v) is 3.52. The lowest BCUT2D eigenvalue weighted by Crippen LogP contribution is -1.92. The quantitative estimate of drug-likeness (QED) is 0.558. The van der Waals surface area contributed by atoms with Gasteiger partial charge in [-0.3, -0.25) is 5.43 Å². The summed E-state index contributed by atoms with van der Waals surface area (Å²) in [5, 5.41) is 3.66. The highest BCUT2D eigenvalue weighted by molar-refractivity contribution is 5.52. The molecule has 76 valence electrons. The molecule has 0 bridgehead atoms. The monoisotopic (exact) mass is 190 g/mol. The average Bonchev–Trinajstić information content (AvgIpc) is 2.19. The van der Waals surface area contributed by atoms with Crippen LogP contribution in [0.1, 0.15) is 30.9 Å². The third-order valence-electron chi connectivity index (χ3n) is 2.31. The van der Waals surface area contributed by atoms with Gasteiger partial charge in [-0.1, -0.05) is 25.5 Å². The van der Waals surface area contributed by atoms with Crippen molar-refractivity contribution in [3.05, 3.63) is 29.3 Å². The Hall–Kier alpha value is -1.31. The fraction of sp³-hybridized carbons (Fsp3) is 0.417. The number of nitrogens with one attached hydrogen (secondary N) is 1. The molecule has 0 aliphatic heterocycles. The summed E-state index contributed by atoms with van der Waals surface area (Å²) in [6.07, 6.45) is 3.67. The summed E-state index contributed by atoms with van der Waals surface area (Å²) in [5.74, 6) is 0. The lowest BCUT2D eigenvalue weighted by Gasteiger charge is -2.07. The number of anilines is 1.